The van der Waals surface area contributed by atoms with Crippen molar-refractivity contribution < 1.29 is 22.7 Å². The number of aromatic nitrogens is 2. The number of carbonyl (C=O) groups excluding carboxylic acids is 1. The SMILES string of the molecule is COc1cc(C(=O)N2CCN(Cc3cccnc3)C[C@H]2Cc2c[nH]c3ccccc23)cc(C(F)(F)F)c1.Cl.Cl. The fourth-order valence-corrected chi connectivity index (χ4v) is 4.98. The van der Waals surface area contributed by atoms with Gasteiger partial charge in [0.05, 0.1) is 12.7 Å². The second kappa shape index (κ2) is 12.7. The third kappa shape index (κ3) is 6.84. The molecule has 1 aliphatic rings. The van der Waals surface area contributed by atoms with Gasteiger partial charge in [-0.3, -0.25) is 14.7 Å². The number of nitrogens with one attached hydrogen (secondary N) is 1. The zero-order chi connectivity index (χ0) is 26.0. The average Bonchev–Trinajstić information content (AvgIpc) is 3.31. The van der Waals surface area contributed by atoms with Crippen LogP contribution in [0.25, 0.3) is 10.9 Å². The van der Waals surface area contributed by atoms with Crippen LogP contribution in [-0.2, 0) is 19.1 Å². The zero-order valence-corrected chi connectivity index (χ0v) is 22.8. The van der Waals surface area contributed by atoms with Gasteiger partial charge in [0.2, 0.25) is 0 Å². The fourth-order valence-electron chi connectivity index (χ4n) is 4.98. The molecule has 1 N–H and O–H groups in total. The number of fused-ring (bicyclic) bond motifs is 1. The summed E-state index contributed by atoms with van der Waals surface area (Å²) in [6.07, 6.45) is 1.47. The Morgan fingerprint density at radius 2 is 1.90 bits per heavy atom. The van der Waals surface area contributed by atoms with E-state index < -0.39 is 17.6 Å². The highest BCUT2D eigenvalue weighted by Gasteiger charge is 2.35. The lowest BCUT2D eigenvalue weighted by Crippen LogP contribution is -2.55. The van der Waals surface area contributed by atoms with Gasteiger partial charge in [0, 0.05) is 67.3 Å². The Balaban J connectivity index is 0.00000210. The molecule has 1 amide bonds. The number of aromatic amines is 1. The van der Waals surface area contributed by atoms with Crippen LogP contribution in [0.15, 0.2) is 73.2 Å². The van der Waals surface area contributed by atoms with Crippen molar-refractivity contribution in [3.63, 3.8) is 0 Å². The predicted molar refractivity (Wildman–Crippen MR) is 149 cm³/mol. The molecule has 208 valence electrons. The minimum atomic E-state index is -4.59. The van der Waals surface area contributed by atoms with Crippen LogP contribution in [-0.4, -0.2) is 58.5 Å². The maximum absolute atomic E-state index is 13.7. The molecule has 1 atom stereocenters. The van der Waals surface area contributed by atoms with E-state index >= 15 is 0 Å². The van der Waals surface area contributed by atoms with E-state index in [2.05, 4.69) is 14.9 Å². The molecule has 6 nitrogen and oxygen atoms in total. The monoisotopic (exact) mass is 580 g/mol. The molecule has 11 heteroatoms. The van der Waals surface area contributed by atoms with Gasteiger partial charge in [-0.25, -0.2) is 0 Å². The Labute approximate surface area is 237 Å². The summed E-state index contributed by atoms with van der Waals surface area (Å²) in [7, 11) is 1.29. The first-order chi connectivity index (χ1) is 17.8. The van der Waals surface area contributed by atoms with E-state index in [1.807, 2.05) is 48.8 Å². The summed E-state index contributed by atoms with van der Waals surface area (Å²) < 4.78 is 45.7. The standard InChI is InChI=1S/C28H27F3N4O2.2ClH/c1-37-24-13-20(11-22(14-24)28(29,30)31)27(36)35-10-9-34(17-19-5-4-8-32-15-19)18-23(35)12-21-16-33-26-7-3-2-6-25(21)26;;/h2-8,11,13-16,23,33H,9-10,12,17-18H2,1H3;2*1H/t23-;;/m1../s1. The van der Waals surface area contributed by atoms with Crippen LogP contribution in [0.4, 0.5) is 13.2 Å². The number of para-hydroxylation sites is 1. The maximum Gasteiger partial charge on any atom is 0.416 e. The third-order valence-corrected chi connectivity index (χ3v) is 6.80. The van der Waals surface area contributed by atoms with Crippen molar-refractivity contribution in [1.82, 2.24) is 19.8 Å². The molecule has 39 heavy (non-hydrogen) atoms. The van der Waals surface area contributed by atoms with Crippen molar-refractivity contribution >= 4 is 41.6 Å². The van der Waals surface area contributed by atoms with E-state index in [1.54, 1.807) is 11.1 Å². The van der Waals surface area contributed by atoms with Gasteiger partial charge in [-0.15, -0.1) is 24.8 Å². The number of rotatable bonds is 6. The fraction of sp³-hybridized carbons (Fsp3) is 0.286. The lowest BCUT2D eigenvalue weighted by molar-refractivity contribution is -0.137. The van der Waals surface area contributed by atoms with Gasteiger partial charge >= 0.3 is 6.18 Å². The number of pyridine rings is 1. The zero-order valence-electron chi connectivity index (χ0n) is 21.1. The highest BCUT2D eigenvalue weighted by molar-refractivity contribution is 5.95. The third-order valence-electron chi connectivity index (χ3n) is 6.80. The van der Waals surface area contributed by atoms with Crippen molar-refractivity contribution in [1.29, 1.82) is 0 Å². The molecule has 1 aliphatic heterocycles. The van der Waals surface area contributed by atoms with E-state index in [-0.39, 0.29) is 42.2 Å². The van der Waals surface area contributed by atoms with Gasteiger partial charge in [-0.1, -0.05) is 24.3 Å². The van der Waals surface area contributed by atoms with Crippen LogP contribution in [0.5, 0.6) is 5.75 Å². The number of methoxy groups -OCH3 is 1. The van der Waals surface area contributed by atoms with Crippen molar-refractivity contribution in [2.24, 2.45) is 0 Å². The number of carbonyl (C=O) groups is 1. The summed E-state index contributed by atoms with van der Waals surface area (Å²) in [6.45, 7) is 2.25. The normalized spacial score (nSPS) is 15.9. The molecule has 0 aliphatic carbocycles. The van der Waals surface area contributed by atoms with Crippen LogP contribution < -0.4 is 4.74 Å². The number of alkyl halides is 3. The van der Waals surface area contributed by atoms with Crippen molar-refractivity contribution in [3.8, 4) is 5.75 Å². The van der Waals surface area contributed by atoms with E-state index in [1.165, 1.54) is 13.2 Å². The van der Waals surface area contributed by atoms with Crippen LogP contribution >= 0.6 is 24.8 Å². The molecule has 3 heterocycles. The quantitative estimate of drug-likeness (QED) is 0.304. The molecule has 2 aromatic heterocycles. The van der Waals surface area contributed by atoms with Crippen molar-refractivity contribution in [2.75, 3.05) is 26.7 Å². The van der Waals surface area contributed by atoms with E-state index in [0.29, 0.717) is 32.6 Å². The van der Waals surface area contributed by atoms with E-state index in [4.69, 9.17) is 4.74 Å². The number of hydrogen-bond donors (Lipinski definition) is 1. The Kier molecular flexibility index (Phi) is 9.88. The number of hydrogen-bond acceptors (Lipinski definition) is 4. The number of nitrogens with zero attached hydrogens (tertiary/aromatic N) is 3. The minimum Gasteiger partial charge on any atom is -0.497 e. The molecule has 1 saturated heterocycles. The molecule has 1 fully saturated rings. The Morgan fingerprint density at radius 1 is 1.10 bits per heavy atom. The predicted octanol–water partition coefficient (Wildman–Crippen LogP) is 6.00. The maximum atomic E-state index is 13.7. The van der Waals surface area contributed by atoms with Crippen molar-refractivity contribution in [2.45, 2.75) is 25.2 Å². The average molecular weight is 581 g/mol. The van der Waals surface area contributed by atoms with E-state index in [0.717, 1.165) is 34.2 Å². The molecule has 0 saturated carbocycles. The lowest BCUT2D eigenvalue weighted by atomic mass is 9.99. The molecule has 0 radical (unpaired) electrons. The minimum absolute atomic E-state index is 0. The molecule has 0 spiro atoms. The van der Waals surface area contributed by atoms with Gasteiger partial charge in [0.15, 0.2) is 0 Å². The summed E-state index contributed by atoms with van der Waals surface area (Å²) in [6, 6.07) is 14.8. The number of benzene rings is 2. The van der Waals surface area contributed by atoms with Crippen LogP contribution in [0.1, 0.15) is 27.0 Å². The second-order valence-electron chi connectivity index (χ2n) is 9.26. The first-order valence-electron chi connectivity index (χ1n) is 12.1. The van der Waals surface area contributed by atoms with Crippen LogP contribution in [0.3, 0.4) is 0 Å². The molecule has 0 unspecified atom stereocenters. The summed E-state index contributed by atoms with van der Waals surface area (Å²) >= 11 is 0. The lowest BCUT2D eigenvalue weighted by Gasteiger charge is -2.41. The molecule has 4 aromatic rings. The second-order valence-corrected chi connectivity index (χ2v) is 9.26. The smallest absolute Gasteiger partial charge is 0.416 e. The number of H-pyrrole nitrogens is 1. The van der Waals surface area contributed by atoms with Crippen LogP contribution in [0.2, 0.25) is 0 Å². The molecule has 2 aromatic carbocycles. The number of piperazine rings is 1. The topological polar surface area (TPSA) is 61.5 Å². The number of halogens is 5. The van der Waals surface area contributed by atoms with Gasteiger partial charge in [-0.05, 0) is 47.9 Å². The first-order valence-corrected chi connectivity index (χ1v) is 12.1. The van der Waals surface area contributed by atoms with E-state index in [9.17, 15) is 18.0 Å². The molecule has 0 bridgehead atoms. The summed E-state index contributed by atoms with van der Waals surface area (Å²) in [4.78, 5) is 25.1. The molecular weight excluding hydrogens is 552 g/mol. The Bertz CT molecular complexity index is 1400. The summed E-state index contributed by atoms with van der Waals surface area (Å²) in [5.74, 6) is -0.433. The molecule has 5 rings (SSSR count). The summed E-state index contributed by atoms with van der Waals surface area (Å²) in [5, 5.41) is 1.07. The first kappa shape index (κ1) is 30.3. The number of amides is 1. The highest BCUT2D eigenvalue weighted by Crippen LogP contribution is 2.33. The molecular formula is C28H29Cl2F3N4O2. The summed E-state index contributed by atoms with van der Waals surface area (Å²) in [5.41, 5.74) is 2.19. The van der Waals surface area contributed by atoms with Gasteiger partial charge in [-0.2, -0.15) is 13.2 Å². The van der Waals surface area contributed by atoms with Gasteiger partial charge in [0.1, 0.15) is 5.75 Å². The largest absolute Gasteiger partial charge is 0.497 e. The number of ether oxygens (including phenoxy) is 1. The Morgan fingerprint density at radius 3 is 2.62 bits per heavy atom. The Hall–Kier alpha value is -3.27. The van der Waals surface area contributed by atoms with Crippen molar-refractivity contribution in [3.05, 3.63) is 95.4 Å². The van der Waals surface area contributed by atoms with Gasteiger partial charge < -0.3 is 14.6 Å². The van der Waals surface area contributed by atoms with Crippen LogP contribution in [0, 0.1) is 0 Å². The highest BCUT2D eigenvalue weighted by atomic mass is 35.5. The van der Waals surface area contributed by atoms with Gasteiger partial charge in [0.25, 0.3) is 5.91 Å².